The van der Waals surface area contributed by atoms with Gasteiger partial charge in [-0.15, -0.1) is 0 Å². The number of aryl methyl sites for hydroxylation is 2. The zero-order chi connectivity index (χ0) is 11.8. The van der Waals surface area contributed by atoms with Crippen molar-refractivity contribution < 1.29 is 0 Å². The Hall–Kier alpha value is -1.82. The highest BCUT2D eigenvalue weighted by molar-refractivity contribution is 6.07. The van der Waals surface area contributed by atoms with Crippen LogP contribution in [0.3, 0.4) is 0 Å². The number of benzene rings is 3. The maximum atomic E-state index is 2.30. The normalized spacial score (nSPS) is 11.2. The van der Waals surface area contributed by atoms with Crippen molar-refractivity contribution in [3.8, 4) is 0 Å². The molecule has 0 spiro atoms. The molecular formula is C17H16. The van der Waals surface area contributed by atoms with E-state index in [2.05, 4.69) is 62.4 Å². The first-order chi connectivity index (χ1) is 8.28. The van der Waals surface area contributed by atoms with Crippen LogP contribution in [-0.4, -0.2) is 0 Å². The Bertz CT molecular complexity index is 693. The second kappa shape index (κ2) is 3.89. The number of hydrogen-bond donors (Lipinski definition) is 0. The third kappa shape index (κ3) is 1.70. The minimum absolute atomic E-state index is 1.10. The van der Waals surface area contributed by atoms with Crippen molar-refractivity contribution >= 4 is 21.5 Å². The average Bonchev–Trinajstić information content (AvgIpc) is 2.37. The fraction of sp³-hybridized carbons (Fsp3) is 0.176. The average molecular weight is 220 g/mol. The van der Waals surface area contributed by atoms with Gasteiger partial charge in [-0.05, 0) is 40.5 Å². The molecule has 0 bridgehead atoms. The third-order valence-corrected chi connectivity index (χ3v) is 3.46. The standard InChI is InChI=1S/C17H16/c1-3-13-5-9-17-15(11-13)7-6-14-10-12(2)4-8-16(14)17/h4-11H,3H2,1-2H3. The summed E-state index contributed by atoms with van der Waals surface area (Å²) in [6, 6.07) is 17.9. The molecule has 0 aromatic heterocycles. The lowest BCUT2D eigenvalue weighted by molar-refractivity contribution is 1.15. The van der Waals surface area contributed by atoms with Gasteiger partial charge >= 0.3 is 0 Å². The molecule has 0 atom stereocenters. The predicted octanol–water partition coefficient (Wildman–Crippen LogP) is 4.86. The number of rotatable bonds is 1. The summed E-state index contributed by atoms with van der Waals surface area (Å²) in [6.45, 7) is 4.34. The van der Waals surface area contributed by atoms with Gasteiger partial charge in [0.15, 0.2) is 0 Å². The van der Waals surface area contributed by atoms with Crippen LogP contribution in [-0.2, 0) is 6.42 Å². The molecule has 84 valence electrons. The maximum absolute atomic E-state index is 2.30. The summed E-state index contributed by atoms with van der Waals surface area (Å²) in [5, 5.41) is 5.40. The van der Waals surface area contributed by atoms with Gasteiger partial charge in [0, 0.05) is 0 Å². The van der Waals surface area contributed by atoms with Crippen LogP contribution < -0.4 is 0 Å². The van der Waals surface area contributed by atoms with Crippen LogP contribution in [0.15, 0.2) is 48.5 Å². The van der Waals surface area contributed by atoms with Gasteiger partial charge in [-0.3, -0.25) is 0 Å². The van der Waals surface area contributed by atoms with E-state index in [1.165, 1.54) is 32.7 Å². The Morgan fingerprint density at radius 1 is 0.765 bits per heavy atom. The lowest BCUT2D eigenvalue weighted by Crippen LogP contribution is -1.83. The van der Waals surface area contributed by atoms with Gasteiger partial charge in [-0.2, -0.15) is 0 Å². The highest BCUT2D eigenvalue weighted by Gasteiger charge is 2.01. The molecule has 3 aromatic rings. The molecule has 0 aliphatic heterocycles. The minimum Gasteiger partial charge on any atom is -0.0613 e. The van der Waals surface area contributed by atoms with Gasteiger partial charge in [-0.1, -0.05) is 61.0 Å². The molecule has 0 heteroatoms. The summed E-state index contributed by atoms with van der Waals surface area (Å²) in [5.74, 6) is 0. The Morgan fingerprint density at radius 2 is 1.41 bits per heavy atom. The highest BCUT2D eigenvalue weighted by Crippen LogP contribution is 2.26. The van der Waals surface area contributed by atoms with E-state index in [0.717, 1.165) is 6.42 Å². The molecule has 3 aromatic carbocycles. The first kappa shape index (κ1) is 10.3. The molecule has 0 aliphatic carbocycles. The molecule has 0 fully saturated rings. The molecule has 0 nitrogen and oxygen atoms in total. The van der Waals surface area contributed by atoms with E-state index in [0.29, 0.717) is 0 Å². The SMILES string of the molecule is CCc1ccc2c(ccc3cc(C)ccc32)c1. The smallest absolute Gasteiger partial charge is 0.0105 e. The number of fused-ring (bicyclic) bond motifs is 3. The Balaban J connectivity index is 2.40. The van der Waals surface area contributed by atoms with Crippen LogP contribution in [0.25, 0.3) is 21.5 Å². The quantitative estimate of drug-likeness (QED) is 0.513. The van der Waals surface area contributed by atoms with Gasteiger partial charge in [-0.25, -0.2) is 0 Å². The van der Waals surface area contributed by atoms with Crippen LogP contribution in [0.2, 0.25) is 0 Å². The van der Waals surface area contributed by atoms with Crippen molar-refractivity contribution in [1.82, 2.24) is 0 Å². The molecule has 0 radical (unpaired) electrons. The van der Waals surface area contributed by atoms with Crippen molar-refractivity contribution in [2.75, 3.05) is 0 Å². The van der Waals surface area contributed by atoms with Crippen LogP contribution in [0, 0.1) is 6.92 Å². The van der Waals surface area contributed by atoms with Crippen molar-refractivity contribution in [3.05, 3.63) is 59.7 Å². The molecule has 0 unspecified atom stereocenters. The zero-order valence-electron chi connectivity index (χ0n) is 10.3. The topological polar surface area (TPSA) is 0 Å². The van der Waals surface area contributed by atoms with Crippen LogP contribution in [0.1, 0.15) is 18.1 Å². The van der Waals surface area contributed by atoms with Gasteiger partial charge < -0.3 is 0 Å². The molecule has 0 saturated heterocycles. The van der Waals surface area contributed by atoms with E-state index in [4.69, 9.17) is 0 Å². The molecule has 17 heavy (non-hydrogen) atoms. The fourth-order valence-corrected chi connectivity index (χ4v) is 2.46. The molecule has 0 aliphatic rings. The van der Waals surface area contributed by atoms with Gasteiger partial charge in [0.1, 0.15) is 0 Å². The Labute approximate surface area is 102 Å². The maximum Gasteiger partial charge on any atom is -0.0105 e. The third-order valence-electron chi connectivity index (χ3n) is 3.46. The van der Waals surface area contributed by atoms with E-state index in [1.54, 1.807) is 0 Å². The Kier molecular flexibility index (Phi) is 2.36. The first-order valence-corrected chi connectivity index (χ1v) is 6.20. The van der Waals surface area contributed by atoms with Gasteiger partial charge in [0.05, 0.1) is 0 Å². The van der Waals surface area contributed by atoms with Crippen LogP contribution >= 0.6 is 0 Å². The zero-order valence-corrected chi connectivity index (χ0v) is 10.3. The second-order valence-corrected chi connectivity index (χ2v) is 4.70. The summed E-state index contributed by atoms with van der Waals surface area (Å²) >= 11 is 0. The monoisotopic (exact) mass is 220 g/mol. The summed E-state index contributed by atoms with van der Waals surface area (Å²) in [4.78, 5) is 0. The molecule has 0 saturated carbocycles. The fourth-order valence-electron chi connectivity index (χ4n) is 2.46. The van der Waals surface area contributed by atoms with E-state index in [-0.39, 0.29) is 0 Å². The Morgan fingerprint density at radius 3 is 2.12 bits per heavy atom. The van der Waals surface area contributed by atoms with Crippen LogP contribution in [0.4, 0.5) is 0 Å². The highest BCUT2D eigenvalue weighted by atomic mass is 14.1. The molecule has 3 rings (SSSR count). The van der Waals surface area contributed by atoms with Crippen molar-refractivity contribution in [3.63, 3.8) is 0 Å². The second-order valence-electron chi connectivity index (χ2n) is 4.70. The van der Waals surface area contributed by atoms with E-state index < -0.39 is 0 Å². The molecule has 0 N–H and O–H groups in total. The summed E-state index contributed by atoms with van der Waals surface area (Å²) in [6.07, 6.45) is 1.10. The predicted molar refractivity (Wildman–Crippen MR) is 75.6 cm³/mol. The number of hydrogen-bond acceptors (Lipinski definition) is 0. The lowest BCUT2D eigenvalue weighted by atomic mass is 9.98. The van der Waals surface area contributed by atoms with E-state index >= 15 is 0 Å². The van der Waals surface area contributed by atoms with E-state index in [9.17, 15) is 0 Å². The lowest BCUT2D eigenvalue weighted by Gasteiger charge is -2.06. The van der Waals surface area contributed by atoms with Crippen LogP contribution in [0.5, 0.6) is 0 Å². The largest absolute Gasteiger partial charge is 0.0613 e. The van der Waals surface area contributed by atoms with Crippen molar-refractivity contribution in [1.29, 1.82) is 0 Å². The minimum atomic E-state index is 1.10. The molecular weight excluding hydrogens is 204 g/mol. The molecule has 0 amide bonds. The van der Waals surface area contributed by atoms with E-state index in [1.807, 2.05) is 0 Å². The summed E-state index contributed by atoms with van der Waals surface area (Å²) in [5.41, 5.74) is 2.73. The summed E-state index contributed by atoms with van der Waals surface area (Å²) < 4.78 is 0. The van der Waals surface area contributed by atoms with Crippen molar-refractivity contribution in [2.24, 2.45) is 0 Å². The van der Waals surface area contributed by atoms with Gasteiger partial charge in [0.2, 0.25) is 0 Å². The van der Waals surface area contributed by atoms with Gasteiger partial charge in [0.25, 0.3) is 0 Å². The first-order valence-electron chi connectivity index (χ1n) is 6.20. The molecule has 0 heterocycles. The summed E-state index contributed by atoms with van der Waals surface area (Å²) in [7, 11) is 0. The van der Waals surface area contributed by atoms with Crippen molar-refractivity contribution in [2.45, 2.75) is 20.3 Å².